The number of nitrogens with one attached hydrogen (secondary N) is 1. The summed E-state index contributed by atoms with van der Waals surface area (Å²) >= 11 is 7.65. The molecule has 2 aliphatic heterocycles. The van der Waals surface area contributed by atoms with Crippen molar-refractivity contribution >= 4 is 22.9 Å². The number of hydrogen-bond acceptors (Lipinski definition) is 3. The molecule has 4 heteroatoms. The van der Waals surface area contributed by atoms with E-state index in [0.29, 0.717) is 0 Å². The summed E-state index contributed by atoms with van der Waals surface area (Å²) in [5, 5.41) is 3.74. The van der Waals surface area contributed by atoms with Crippen LogP contribution in [0.25, 0.3) is 0 Å². The average Bonchev–Trinajstić information content (AvgIpc) is 2.82. The van der Waals surface area contributed by atoms with Gasteiger partial charge >= 0.3 is 0 Å². The van der Waals surface area contributed by atoms with E-state index in [2.05, 4.69) is 23.3 Å². The van der Waals surface area contributed by atoms with Gasteiger partial charge in [-0.2, -0.15) is 0 Å². The van der Waals surface area contributed by atoms with E-state index in [1.165, 1.54) is 30.6 Å². The Kier molecular flexibility index (Phi) is 3.94. The molecule has 0 aliphatic carbocycles. The molecule has 2 atom stereocenters. The third kappa shape index (κ3) is 2.74. The number of nitrogens with zero attached hydrogens (tertiary/aromatic N) is 1. The first kappa shape index (κ1) is 12.9. The number of hydrogen-bond donors (Lipinski definition) is 1. The second-order valence-corrected chi connectivity index (χ2v) is 7.43. The molecule has 0 amide bonds. The second kappa shape index (κ2) is 5.49. The van der Waals surface area contributed by atoms with Gasteiger partial charge in [0.15, 0.2) is 0 Å². The smallest absolute Gasteiger partial charge is 0.0931 e. The first-order valence-electron chi connectivity index (χ1n) is 6.92. The molecule has 1 N–H and O–H groups in total. The Hall–Kier alpha value is -0.0900. The summed E-state index contributed by atoms with van der Waals surface area (Å²) < 4.78 is 0.905. The average molecular weight is 285 g/mol. The molecule has 2 saturated heterocycles. The summed E-state index contributed by atoms with van der Waals surface area (Å²) in [6.07, 6.45) is 6.58. The van der Waals surface area contributed by atoms with Crippen LogP contribution in [0.3, 0.4) is 0 Å². The number of thiophene rings is 1. The highest BCUT2D eigenvalue weighted by atomic mass is 35.5. The maximum absolute atomic E-state index is 5.94. The molecule has 1 aromatic heterocycles. The Morgan fingerprint density at radius 1 is 1.33 bits per heavy atom. The molecule has 100 valence electrons. The van der Waals surface area contributed by atoms with Crippen LogP contribution in [-0.4, -0.2) is 36.6 Å². The van der Waals surface area contributed by atoms with Crippen molar-refractivity contribution in [1.29, 1.82) is 0 Å². The van der Waals surface area contributed by atoms with E-state index in [9.17, 15) is 0 Å². The Balaban J connectivity index is 1.44. The fraction of sp³-hybridized carbons (Fsp3) is 0.714. The van der Waals surface area contributed by atoms with Gasteiger partial charge in [0, 0.05) is 29.5 Å². The van der Waals surface area contributed by atoms with E-state index in [1.807, 2.05) is 6.07 Å². The Morgan fingerprint density at radius 3 is 2.67 bits per heavy atom. The van der Waals surface area contributed by atoms with Crippen LogP contribution in [0.2, 0.25) is 4.34 Å². The quantitative estimate of drug-likeness (QED) is 0.914. The van der Waals surface area contributed by atoms with Gasteiger partial charge < -0.3 is 10.2 Å². The molecule has 3 heterocycles. The van der Waals surface area contributed by atoms with E-state index in [1.54, 1.807) is 11.3 Å². The number of piperidine rings is 1. The minimum Gasteiger partial charge on any atom is -0.314 e. The first-order chi connectivity index (χ1) is 8.72. The molecule has 2 fully saturated rings. The summed E-state index contributed by atoms with van der Waals surface area (Å²) in [5.74, 6) is 0. The zero-order valence-corrected chi connectivity index (χ0v) is 12.4. The van der Waals surface area contributed by atoms with Gasteiger partial charge in [-0.3, -0.25) is 0 Å². The lowest BCUT2D eigenvalue weighted by atomic mass is 9.98. The highest BCUT2D eigenvalue weighted by molar-refractivity contribution is 7.16. The highest BCUT2D eigenvalue weighted by Gasteiger charge is 2.37. The molecule has 18 heavy (non-hydrogen) atoms. The highest BCUT2D eigenvalue weighted by Crippen LogP contribution is 2.34. The molecule has 0 radical (unpaired) electrons. The summed E-state index contributed by atoms with van der Waals surface area (Å²) in [4.78, 5) is 3.99. The van der Waals surface area contributed by atoms with Crippen LogP contribution in [0.15, 0.2) is 12.1 Å². The minimum atomic E-state index is 0.731. The van der Waals surface area contributed by atoms with Crippen LogP contribution in [0, 0.1) is 0 Å². The lowest BCUT2D eigenvalue weighted by molar-refractivity contribution is 0.149. The minimum absolute atomic E-state index is 0.731. The summed E-state index contributed by atoms with van der Waals surface area (Å²) in [5.41, 5.74) is 0. The van der Waals surface area contributed by atoms with Gasteiger partial charge in [0.25, 0.3) is 0 Å². The summed E-state index contributed by atoms with van der Waals surface area (Å²) in [6.45, 7) is 1.09. The maximum Gasteiger partial charge on any atom is 0.0931 e. The standard InChI is InChI=1S/C14H21ClN2S/c1-17-11-2-3-12(17)9-10(8-11)16-7-6-13-4-5-14(15)18-13/h4-5,10-12,16H,2-3,6-9H2,1H3. The topological polar surface area (TPSA) is 15.3 Å². The molecule has 1 aromatic rings. The van der Waals surface area contributed by atoms with Gasteiger partial charge in [0.1, 0.15) is 0 Å². The van der Waals surface area contributed by atoms with Crippen molar-refractivity contribution in [2.75, 3.05) is 13.6 Å². The summed E-state index contributed by atoms with van der Waals surface area (Å²) in [7, 11) is 2.30. The predicted molar refractivity (Wildman–Crippen MR) is 78.6 cm³/mol. The molecular formula is C14H21ClN2S. The molecule has 2 unspecified atom stereocenters. The zero-order chi connectivity index (χ0) is 12.5. The molecule has 2 bridgehead atoms. The van der Waals surface area contributed by atoms with Crippen LogP contribution in [-0.2, 0) is 6.42 Å². The Morgan fingerprint density at radius 2 is 2.06 bits per heavy atom. The van der Waals surface area contributed by atoms with Crippen LogP contribution in [0.1, 0.15) is 30.6 Å². The van der Waals surface area contributed by atoms with Gasteiger partial charge in [0.05, 0.1) is 4.34 Å². The molecule has 2 aliphatic rings. The van der Waals surface area contributed by atoms with Gasteiger partial charge in [0.2, 0.25) is 0 Å². The molecule has 0 spiro atoms. The van der Waals surface area contributed by atoms with Crippen molar-refractivity contribution < 1.29 is 0 Å². The van der Waals surface area contributed by atoms with E-state index in [0.717, 1.165) is 35.4 Å². The normalized spacial score (nSPS) is 32.0. The molecule has 2 nitrogen and oxygen atoms in total. The van der Waals surface area contributed by atoms with Crippen molar-refractivity contribution in [3.05, 3.63) is 21.3 Å². The van der Waals surface area contributed by atoms with Gasteiger partial charge in [-0.15, -0.1) is 11.3 Å². The predicted octanol–water partition coefficient (Wildman–Crippen LogP) is 3.16. The van der Waals surface area contributed by atoms with Crippen LogP contribution < -0.4 is 5.32 Å². The lowest BCUT2D eigenvalue weighted by Gasteiger charge is -2.36. The van der Waals surface area contributed by atoms with Gasteiger partial charge in [-0.05, 0) is 51.3 Å². The summed E-state index contributed by atoms with van der Waals surface area (Å²) in [6, 6.07) is 6.54. The second-order valence-electron chi connectivity index (χ2n) is 5.63. The first-order valence-corrected chi connectivity index (χ1v) is 8.11. The number of halogens is 1. The molecule has 0 saturated carbocycles. The van der Waals surface area contributed by atoms with Crippen LogP contribution in [0.4, 0.5) is 0 Å². The van der Waals surface area contributed by atoms with Crippen molar-refractivity contribution in [2.45, 2.75) is 50.2 Å². The third-order valence-electron chi connectivity index (χ3n) is 4.53. The van der Waals surface area contributed by atoms with Crippen molar-refractivity contribution in [3.8, 4) is 0 Å². The van der Waals surface area contributed by atoms with E-state index in [4.69, 9.17) is 11.6 Å². The lowest BCUT2D eigenvalue weighted by Crippen LogP contribution is -2.47. The molecular weight excluding hydrogens is 264 g/mol. The van der Waals surface area contributed by atoms with Gasteiger partial charge in [-0.1, -0.05) is 11.6 Å². The van der Waals surface area contributed by atoms with Crippen LogP contribution >= 0.6 is 22.9 Å². The molecule has 3 rings (SSSR count). The van der Waals surface area contributed by atoms with E-state index >= 15 is 0 Å². The van der Waals surface area contributed by atoms with Crippen LogP contribution in [0.5, 0.6) is 0 Å². The van der Waals surface area contributed by atoms with Crippen molar-refractivity contribution in [3.63, 3.8) is 0 Å². The zero-order valence-electron chi connectivity index (χ0n) is 10.9. The SMILES string of the molecule is CN1C2CCC1CC(NCCc1ccc(Cl)s1)C2. The fourth-order valence-corrected chi connectivity index (χ4v) is 4.55. The Labute approximate surface area is 118 Å². The van der Waals surface area contributed by atoms with Crippen molar-refractivity contribution in [2.24, 2.45) is 0 Å². The fourth-order valence-electron chi connectivity index (χ4n) is 3.46. The molecule has 0 aromatic carbocycles. The maximum atomic E-state index is 5.94. The largest absolute Gasteiger partial charge is 0.314 e. The number of rotatable bonds is 4. The monoisotopic (exact) mass is 284 g/mol. The van der Waals surface area contributed by atoms with E-state index < -0.39 is 0 Å². The Bertz CT molecular complexity index is 392. The van der Waals surface area contributed by atoms with Crippen molar-refractivity contribution in [1.82, 2.24) is 10.2 Å². The number of fused-ring (bicyclic) bond motifs is 2. The third-order valence-corrected chi connectivity index (χ3v) is 5.82. The van der Waals surface area contributed by atoms with Gasteiger partial charge in [-0.25, -0.2) is 0 Å². The van der Waals surface area contributed by atoms with E-state index in [-0.39, 0.29) is 0 Å².